The average molecular weight is 298 g/mol. The SMILES string of the molecule is CCC(COC(C)=O)C(=O)OCC1CC(C)(C)C(C)C1C. The minimum absolute atomic E-state index is 0.118. The topological polar surface area (TPSA) is 52.6 Å². The molecule has 1 saturated carbocycles. The Bertz CT molecular complexity index is 375. The number of rotatable bonds is 6. The zero-order valence-corrected chi connectivity index (χ0v) is 14.3. The molecule has 0 spiro atoms. The Kier molecular flexibility index (Phi) is 6.24. The molecule has 4 heteroatoms. The molecule has 0 saturated heterocycles. The molecule has 4 unspecified atom stereocenters. The second-order valence-corrected chi connectivity index (χ2v) is 7.14. The molecule has 0 N–H and O–H groups in total. The van der Waals surface area contributed by atoms with Crippen molar-refractivity contribution in [3.05, 3.63) is 0 Å². The quantitative estimate of drug-likeness (QED) is 0.705. The Morgan fingerprint density at radius 3 is 2.29 bits per heavy atom. The maximum Gasteiger partial charge on any atom is 0.312 e. The first-order chi connectivity index (χ1) is 9.69. The fourth-order valence-electron chi connectivity index (χ4n) is 3.26. The molecule has 0 bridgehead atoms. The molecule has 0 heterocycles. The largest absolute Gasteiger partial charge is 0.465 e. The molecule has 4 nitrogen and oxygen atoms in total. The van der Waals surface area contributed by atoms with Crippen LogP contribution in [-0.4, -0.2) is 25.2 Å². The second kappa shape index (κ2) is 7.28. The van der Waals surface area contributed by atoms with Crippen LogP contribution in [0.5, 0.6) is 0 Å². The third-order valence-electron chi connectivity index (χ3n) is 5.31. The fourth-order valence-corrected chi connectivity index (χ4v) is 3.26. The Morgan fingerprint density at radius 1 is 1.24 bits per heavy atom. The molecule has 4 atom stereocenters. The Labute approximate surface area is 128 Å². The zero-order valence-electron chi connectivity index (χ0n) is 14.3. The number of carbonyl (C=O) groups excluding carboxylic acids is 2. The van der Waals surface area contributed by atoms with Crippen molar-refractivity contribution in [1.29, 1.82) is 0 Å². The van der Waals surface area contributed by atoms with Gasteiger partial charge in [0.15, 0.2) is 0 Å². The number of carbonyl (C=O) groups is 2. The summed E-state index contributed by atoms with van der Waals surface area (Å²) in [4.78, 5) is 22.9. The predicted octanol–water partition coefficient (Wildman–Crippen LogP) is 3.44. The van der Waals surface area contributed by atoms with Gasteiger partial charge in [0.1, 0.15) is 6.61 Å². The van der Waals surface area contributed by atoms with Crippen LogP contribution >= 0.6 is 0 Å². The minimum Gasteiger partial charge on any atom is -0.465 e. The first-order valence-corrected chi connectivity index (χ1v) is 7.99. The summed E-state index contributed by atoms with van der Waals surface area (Å²) < 4.78 is 10.4. The number of hydrogen-bond donors (Lipinski definition) is 0. The van der Waals surface area contributed by atoms with Crippen molar-refractivity contribution in [1.82, 2.24) is 0 Å². The maximum absolute atomic E-state index is 12.1. The van der Waals surface area contributed by atoms with Crippen LogP contribution in [0.25, 0.3) is 0 Å². The summed E-state index contributed by atoms with van der Waals surface area (Å²) in [5, 5.41) is 0. The van der Waals surface area contributed by atoms with E-state index in [4.69, 9.17) is 9.47 Å². The molecule has 0 amide bonds. The molecule has 0 aromatic carbocycles. The molecule has 21 heavy (non-hydrogen) atoms. The van der Waals surface area contributed by atoms with Crippen molar-refractivity contribution in [3.63, 3.8) is 0 Å². The van der Waals surface area contributed by atoms with E-state index in [1.54, 1.807) is 0 Å². The van der Waals surface area contributed by atoms with Crippen molar-refractivity contribution in [2.75, 3.05) is 13.2 Å². The van der Waals surface area contributed by atoms with Crippen LogP contribution in [0.4, 0.5) is 0 Å². The summed E-state index contributed by atoms with van der Waals surface area (Å²) in [5.41, 5.74) is 0.304. The molecule has 122 valence electrons. The number of ether oxygens (including phenoxy) is 2. The van der Waals surface area contributed by atoms with Gasteiger partial charge in [-0.2, -0.15) is 0 Å². The molecule has 1 fully saturated rings. The van der Waals surface area contributed by atoms with Crippen LogP contribution in [0.15, 0.2) is 0 Å². The molecule has 0 aliphatic heterocycles. The van der Waals surface area contributed by atoms with Gasteiger partial charge in [0.2, 0.25) is 0 Å². The van der Waals surface area contributed by atoms with Gasteiger partial charge in [-0.1, -0.05) is 34.6 Å². The van der Waals surface area contributed by atoms with Crippen LogP contribution in [-0.2, 0) is 19.1 Å². The van der Waals surface area contributed by atoms with E-state index in [2.05, 4.69) is 27.7 Å². The highest BCUT2D eigenvalue weighted by Gasteiger charge is 2.43. The van der Waals surface area contributed by atoms with E-state index in [1.165, 1.54) is 6.92 Å². The normalized spacial score (nSPS) is 29.0. The van der Waals surface area contributed by atoms with E-state index in [9.17, 15) is 9.59 Å². The smallest absolute Gasteiger partial charge is 0.312 e. The second-order valence-electron chi connectivity index (χ2n) is 7.14. The highest BCUT2D eigenvalue weighted by Crippen LogP contribution is 2.49. The van der Waals surface area contributed by atoms with Gasteiger partial charge in [-0.15, -0.1) is 0 Å². The van der Waals surface area contributed by atoms with Gasteiger partial charge in [-0.25, -0.2) is 0 Å². The lowest BCUT2D eigenvalue weighted by molar-refractivity contribution is -0.155. The molecule has 0 aromatic heterocycles. The Balaban J connectivity index is 2.47. The van der Waals surface area contributed by atoms with E-state index in [-0.39, 0.29) is 24.5 Å². The Morgan fingerprint density at radius 2 is 1.86 bits per heavy atom. The van der Waals surface area contributed by atoms with Crippen LogP contribution in [0.2, 0.25) is 0 Å². The predicted molar refractivity (Wildman–Crippen MR) is 81.6 cm³/mol. The summed E-state index contributed by atoms with van der Waals surface area (Å²) in [7, 11) is 0. The first-order valence-electron chi connectivity index (χ1n) is 7.99. The molecule has 0 radical (unpaired) electrons. The van der Waals surface area contributed by atoms with Gasteiger partial charge in [-0.3, -0.25) is 9.59 Å². The van der Waals surface area contributed by atoms with E-state index < -0.39 is 0 Å². The monoisotopic (exact) mass is 298 g/mol. The van der Waals surface area contributed by atoms with Gasteiger partial charge in [0, 0.05) is 6.92 Å². The van der Waals surface area contributed by atoms with Crippen molar-refractivity contribution < 1.29 is 19.1 Å². The van der Waals surface area contributed by atoms with Gasteiger partial charge < -0.3 is 9.47 Å². The molecule has 1 aliphatic rings. The summed E-state index contributed by atoms with van der Waals surface area (Å²) in [6.45, 7) is 12.9. The van der Waals surface area contributed by atoms with E-state index >= 15 is 0 Å². The van der Waals surface area contributed by atoms with Crippen molar-refractivity contribution in [2.24, 2.45) is 29.1 Å². The Hall–Kier alpha value is -1.06. The lowest BCUT2D eigenvalue weighted by Crippen LogP contribution is -2.26. The standard InChI is InChI=1S/C17H30O4/c1-7-14(9-20-13(4)18)16(19)21-10-15-8-17(5,6)12(3)11(15)2/h11-12,14-15H,7-10H2,1-6H3. The average Bonchev–Trinajstić information content (AvgIpc) is 2.60. The van der Waals surface area contributed by atoms with Crippen LogP contribution in [0.1, 0.15) is 54.4 Å². The minimum atomic E-state index is -0.360. The van der Waals surface area contributed by atoms with Crippen molar-refractivity contribution in [3.8, 4) is 0 Å². The number of esters is 2. The van der Waals surface area contributed by atoms with E-state index in [1.807, 2.05) is 6.92 Å². The van der Waals surface area contributed by atoms with E-state index in [0.29, 0.717) is 36.2 Å². The third-order valence-corrected chi connectivity index (χ3v) is 5.31. The number of hydrogen-bond acceptors (Lipinski definition) is 4. The zero-order chi connectivity index (χ0) is 16.2. The van der Waals surface area contributed by atoms with Crippen molar-refractivity contribution >= 4 is 11.9 Å². The molecular formula is C17H30O4. The third kappa shape index (κ3) is 4.72. The highest BCUT2D eigenvalue weighted by molar-refractivity contribution is 5.73. The molecule has 0 aromatic rings. The van der Waals surface area contributed by atoms with Crippen LogP contribution < -0.4 is 0 Å². The first kappa shape index (κ1) is 18.0. The summed E-state index contributed by atoms with van der Waals surface area (Å²) >= 11 is 0. The highest BCUT2D eigenvalue weighted by atomic mass is 16.5. The lowest BCUT2D eigenvalue weighted by Gasteiger charge is -2.25. The van der Waals surface area contributed by atoms with Gasteiger partial charge >= 0.3 is 11.9 Å². The molecule has 1 aliphatic carbocycles. The van der Waals surface area contributed by atoms with Gasteiger partial charge in [-0.05, 0) is 36.0 Å². The van der Waals surface area contributed by atoms with Crippen molar-refractivity contribution in [2.45, 2.75) is 54.4 Å². The fraction of sp³-hybridized carbons (Fsp3) is 0.882. The summed E-state index contributed by atoms with van der Waals surface area (Å²) in [6, 6.07) is 0. The maximum atomic E-state index is 12.1. The van der Waals surface area contributed by atoms with Gasteiger partial charge in [0.25, 0.3) is 0 Å². The van der Waals surface area contributed by atoms with Gasteiger partial charge in [0.05, 0.1) is 12.5 Å². The van der Waals surface area contributed by atoms with Crippen LogP contribution in [0, 0.1) is 29.1 Å². The lowest BCUT2D eigenvalue weighted by atomic mass is 9.81. The summed E-state index contributed by atoms with van der Waals surface area (Å²) in [5.74, 6) is 0.649. The van der Waals surface area contributed by atoms with Crippen LogP contribution in [0.3, 0.4) is 0 Å². The summed E-state index contributed by atoms with van der Waals surface area (Å²) in [6.07, 6.45) is 1.71. The molecular weight excluding hydrogens is 268 g/mol. The van der Waals surface area contributed by atoms with E-state index in [0.717, 1.165) is 6.42 Å². The molecule has 1 rings (SSSR count).